The summed E-state index contributed by atoms with van der Waals surface area (Å²) in [6, 6.07) is 0.996. The average molecular weight is 422 g/mol. The van der Waals surface area contributed by atoms with Crippen LogP contribution in [0.4, 0.5) is 0 Å². The summed E-state index contributed by atoms with van der Waals surface area (Å²) in [7, 11) is -7.00. The van der Waals surface area contributed by atoms with E-state index < -0.39 is 34.5 Å². The van der Waals surface area contributed by atoms with Gasteiger partial charge in [-0.3, -0.25) is 0 Å². The summed E-state index contributed by atoms with van der Waals surface area (Å²) >= 11 is 0. The van der Waals surface area contributed by atoms with E-state index in [4.69, 9.17) is 17.1 Å². The van der Waals surface area contributed by atoms with Crippen LogP contribution in [0.3, 0.4) is 0 Å². The third-order valence-electron chi connectivity index (χ3n) is 2.89. The zero-order valence-corrected chi connectivity index (χ0v) is 21.6. The first-order valence-electron chi connectivity index (χ1n) is 8.88. The Labute approximate surface area is 159 Å². The first-order valence-corrected chi connectivity index (χ1v) is 20.0. The van der Waals surface area contributed by atoms with Gasteiger partial charge in [-0.05, 0) is 71.8 Å². The predicted octanol–water partition coefficient (Wildman–Crippen LogP) is 4.80. The summed E-state index contributed by atoms with van der Waals surface area (Å²) in [6.07, 6.45) is 1.81. The molecule has 9 heteroatoms. The van der Waals surface area contributed by atoms with Crippen LogP contribution in [-0.4, -0.2) is 47.1 Å². The molecule has 5 nitrogen and oxygen atoms in total. The molecule has 0 aromatic carbocycles. The number of ether oxygens (including phenoxy) is 1. The highest BCUT2D eigenvalue weighted by atomic mass is 28.5. The van der Waals surface area contributed by atoms with E-state index in [1.807, 2.05) is 0 Å². The van der Waals surface area contributed by atoms with Gasteiger partial charge in [-0.15, -0.1) is 0 Å². The molecule has 0 aliphatic carbocycles. The molecule has 147 valence electrons. The minimum Gasteiger partial charge on any atom is -0.462 e. The highest BCUT2D eigenvalue weighted by Crippen LogP contribution is 2.21. The topological polar surface area (TPSA) is 54.0 Å². The molecule has 25 heavy (non-hydrogen) atoms. The number of hydrogen-bond acceptors (Lipinski definition) is 5. The molecule has 0 saturated heterocycles. The molecule has 1 radical (unpaired) electrons. The second kappa shape index (κ2) is 10.3. The first-order chi connectivity index (χ1) is 11.1. The molecule has 0 heterocycles. The second-order valence-electron chi connectivity index (χ2n) is 8.91. The van der Waals surface area contributed by atoms with Crippen molar-refractivity contribution in [3.8, 4) is 0 Å². The van der Waals surface area contributed by atoms with Gasteiger partial charge in [0.25, 0.3) is 0 Å². The normalized spacial score (nSPS) is 13.2. The molecular formula is C16H37O5Si4. The zero-order chi connectivity index (χ0) is 19.9. The van der Waals surface area contributed by atoms with Crippen LogP contribution in [0.2, 0.25) is 58.4 Å². The average Bonchev–Trinajstić information content (AvgIpc) is 2.32. The van der Waals surface area contributed by atoms with Crippen molar-refractivity contribution in [3.05, 3.63) is 12.2 Å². The smallest absolute Gasteiger partial charge is 0.462 e. The lowest BCUT2D eigenvalue weighted by Gasteiger charge is -2.33. The van der Waals surface area contributed by atoms with E-state index in [1.165, 1.54) is 0 Å². The van der Waals surface area contributed by atoms with Crippen molar-refractivity contribution in [2.45, 2.75) is 78.2 Å². The standard InChI is InChI=1S/C16H37O5Si4/c1-15(2)16(17)18-13-11-12-14-25(9,10)21-22(19-23(3,4)5)20-24(6,7)8/h1,11-14H2,2-10H3. The number of carbonyl (C=O) groups is 1. The van der Waals surface area contributed by atoms with Crippen molar-refractivity contribution in [1.29, 1.82) is 0 Å². The quantitative estimate of drug-likeness (QED) is 0.196. The molecule has 0 aliphatic rings. The van der Waals surface area contributed by atoms with Crippen molar-refractivity contribution in [2.24, 2.45) is 0 Å². The molecular weight excluding hydrogens is 385 g/mol. The van der Waals surface area contributed by atoms with Crippen molar-refractivity contribution in [2.75, 3.05) is 6.61 Å². The Bertz CT molecular complexity index is 425. The van der Waals surface area contributed by atoms with Crippen molar-refractivity contribution < 1.29 is 21.9 Å². The molecule has 0 unspecified atom stereocenters. The Morgan fingerprint density at radius 2 is 1.36 bits per heavy atom. The van der Waals surface area contributed by atoms with Gasteiger partial charge in [0.05, 0.1) is 6.61 Å². The molecule has 0 fully saturated rings. The predicted molar refractivity (Wildman–Crippen MR) is 113 cm³/mol. The fraction of sp³-hybridized carbons (Fsp3) is 0.812. The number of hydrogen-bond donors (Lipinski definition) is 0. The Morgan fingerprint density at radius 3 is 1.76 bits per heavy atom. The van der Waals surface area contributed by atoms with Crippen LogP contribution < -0.4 is 0 Å². The van der Waals surface area contributed by atoms with E-state index >= 15 is 0 Å². The minimum absolute atomic E-state index is 0.315. The molecule has 0 atom stereocenters. The van der Waals surface area contributed by atoms with Gasteiger partial charge >= 0.3 is 15.5 Å². The van der Waals surface area contributed by atoms with E-state index in [0.29, 0.717) is 12.2 Å². The molecule has 0 bridgehead atoms. The van der Waals surface area contributed by atoms with Gasteiger partial charge in [0.1, 0.15) is 0 Å². The summed E-state index contributed by atoms with van der Waals surface area (Å²) in [5, 5.41) is 0. The van der Waals surface area contributed by atoms with Gasteiger partial charge in [0.2, 0.25) is 0 Å². The monoisotopic (exact) mass is 421 g/mol. The Hall–Kier alpha value is -0.0425. The van der Waals surface area contributed by atoms with Crippen molar-refractivity contribution in [1.82, 2.24) is 0 Å². The van der Waals surface area contributed by atoms with Gasteiger partial charge in [-0.1, -0.05) is 13.0 Å². The van der Waals surface area contributed by atoms with Crippen LogP contribution in [0.1, 0.15) is 19.8 Å². The molecule has 0 aromatic heterocycles. The van der Waals surface area contributed by atoms with E-state index in [1.54, 1.807) is 6.92 Å². The van der Waals surface area contributed by atoms with Gasteiger partial charge in [-0.2, -0.15) is 0 Å². The van der Waals surface area contributed by atoms with E-state index in [0.717, 1.165) is 18.9 Å². The summed E-state index contributed by atoms with van der Waals surface area (Å²) < 4.78 is 24.0. The molecule has 0 aliphatic heterocycles. The van der Waals surface area contributed by atoms with Crippen molar-refractivity contribution in [3.63, 3.8) is 0 Å². The molecule has 0 aromatic rings. The lowest BCUT2D eigenvalue weighted by atomic mass is 10.3. The summed E-state index contributed by atoms with van der Waals surface area (Å²) in [5.41, 5.74) is 0.442. The molecule has 0 N–H and O–H groups in total. The second-order valence-corrected chi connectivity index (χ2v) is 24.3. The Balaban J connectivity index is 4.45. The third kappa shape index (κ3) is 14.8. The lowest BCUT2D eigenvalue weighted by molar-refractivity contribution is -0.139. The maximum atomic E-state index is 11.4. The zero-order valence-electron chi connectivity index (χ0n) is 17.6. The molecule has 0 spiro atoms. The summed E-state index contributed by atoms with van der Waals surface area (Å²) in [5.74, 6) is -0.315. The number of unbranched alkanes of at least 4 members (excludes halogenated alkanes) is 1. The maximum absolute atomic E-state index is 11.4. The molecule has 0 saturated carbocycles. The largest absolute Gasteiger partial charge is 0.544 e. The van der Waals surface area contributed by atoms with E-state index in [9.17, 15) is 4.79 Å². The number of esters is 1. The first kappa shape index (κ1) is 25.0. The van der Waals surface area contributed by atoms with Crippen LogP contribution in [0.5, 0.6) is 0 Å². The third-order valence-corrected chi connectivity index (χ3v) is 13.6. The van der Waals surface area contributed by atoms with E-state index in [2.05, 4.69) is 59.0 Å². The lowest BCUT2D eigenvalue weighted by Crippen LogP contribution is -2.50. The van der Waals surface area contributed by atoms with Crippen LogP contribution in [0.25, 0.3) is 0 Å². The Kier molecular flexibility index (Phi) is 10.3. The van der Waals surface area contributed by atoms with Crippen LogP contribution >= 0.6 is 0 Å². The SMILES string of the molecule is C=C(C)C(=O)OCCCC[Si](C)(C)O[Si](O[Si](C)(C)C)O[Si](C)(C)C. The van der Waals surface area contributed by atoms with Crippen LogP contribution in [0.15, 0.2) is 12.2 Å². The van der Waals surface area contributed by atoms with Gasteiger partial charge in [-0.25, -0.2) is 4.79 Å². The fourth-order valence-corrected chi connectivity index (χ4v) is 10.7. The number of carbonyl (C=O) groups excluding carboxylic acids is 1. The highest BCUT2D eigenvalue weighted by molar-refractivity contribution is 6.83. The minimum atomic E-state index is -1.88. The van der Waals surface area contributed by atoms with Gasteiger partial charge in [0, 0.05) is 5.57 Å². The molecule has 0 amide bonds. The fourth-order valence-electron chi connectivity index (χ4n) is 1.78. The molecule has 0 rings (SSSR count). The maximum Gasteiger partial charge on any atom is 0.544 e. The van der Waals surface area contributed by atoms with Crippen LogP contribution in [-0.2, 0) is 21.9 Å². The number of rotatable bonds is 12. The highest BCUT2D eigenvalue weighted by Gasteiger charge is 2.37. The van der Waals surface area contributed by atoms with Crippen LogP contribution in [0, 0.1) is 0 Å². The Morgan fingerprint density at radius 1 is 0.880 bits per heavy atom. The van der Waals surface area contributed by atoms with Gasteiger partial charge < -0.3 is 17.1 Å². The summed E-state index contributed by atoms with van der Waals surface area (Å²) in [4.78, 5) is 11.4. The van der Waals surface area contributed by atoms with E-state index in [-0.39, 0.29) is 5.97 Å². The van der Waals surface area contributed by atoms with Gasteiger partial charge in [0.15, 0.2) is 25.0 Å². The van der Waals surface area contributed by atoms with Crippen molar-refractivity contribution >= 4 is 40.4 Å². The summed E-state index contributed by atoms with van der Waals surface area (Å²) in [6.45, 7) is 23.1.